The molecule has 0 fully saturated rings. The maximum Gasteiger partial charge on any atom is 0.155 e. The Morgan fingerprint density at radius 1 is 0.500 bits per heavy atom. The summed E-state index contributed by atoms with van der Waals surface area (Å²) in [5, 5.41) is 5.04. The van der Waals surface area contributed by atoms with Crippen molar-refractivity contribution in [2.75, 3.05) is 4.90 Å². The molecule has 2 aliphatic rings. The molecule has 0 bridgehead atoms. The maximum absolute atomic E-state index is 5.40. The highest BCUT2D eigenvalue weighted by molar-refractivity contribution is 7.26. The van der Waals surface area contributed by atoms with Crippen LogP contribution < -0.4 is 4.90 Å². The van der Waals surface area contributed by atoms with Gasteiger partial charge in [0, 0.05) is 53.7 Å². The number of thiophene rings is 1. The van der Waals surface area contributed by atoms with E-state index in [1.165, 1.54) is 81.3 Å². The summed E-state index contributed by atoms with van der Waals surface area (Å²) in [6, 6.07) is 75.1. The van der Waals surface area contributed by atoms with Gasteiger partial charge in [0.05, 0.1) is 23.1 Å². The van der Waals surface area contributed by atoms with Crippen LogP contribution >= 0.6 is 11.3 Å². The zero-order chi connectivity index (χ0) is 42.9. The Morgan fingerprint density at radius 2 is 1.12 bits per heavy atom. The molecule has 2 heterocycles. The van der Waals surface area contributed by atoms with E-state index in [9.17, 15) is 0 Å². The molecule has 1 aromatic heterocycles. The minimum Gasteiger partial charge on any atom is -0.309 e. The van der Waals surface area contributed by atoms with Crippen molar-refractivity contribution in [3.8, 4) is 22.3 Å². The quantitative estimate of drug-likeness (QED) is 0.157. The van der Waals surface area contributed by atoms with Crippen LogP contribution in [0.1, 0.15) is 54.6 Å². The molecule has 0 spiro atoms. The lowest BCUT2D eigenvalue weighted by atomic mass is 9.82. The van der Waals surface area contributed by atoms with Gasteiger partial charge in [-0.2, -0.15) is 0 Å². The Labute approximate surface area is 378 Å². The molecule has 306 valence electrons. The largest absolute Gasteiger partial charge is 0.309 e. The van der Waals surface area contributed by atoms with Crippen LogP contribution in [0.25, 0.3) is 53.2 Å². The summed E-state index contributed by atoms with van der Waals surface area (Å²) in [5.74, 6) is 0.864. The first kappa shape index (κ1) is 38.3. The Morgan fingerprint density at radius 3 is 1.88 bits per heavy atom. The van der Waals surface area contributed by atoms with E-state index < -0.39 is 0 Å². The lowest BCUT2D eigenvalue weighted by Gasteiger charge is -2.30. The zero-order valence-corrected chi connectivity index (χ0v) is 36.9. The summed E-state index contributed by atoms with van der Waals surface area (Å²) in [6.45, 7) is 7.01. The predicted octanol–water partition coefficient (Wildman–Crippen LogP) is 16.3. The average Bonchev–Trinajstić information content (AvgIpc) is 3.84. The first-order valence-electron chi connectivity index (χ1n) is 22.3. The third kappa shape index (κ3) is 6.16. The van der Waals surface area contributed by atoms with E-state index in [1.807, 2.05) is 17.4 Å². The van der Waals surface area contributed by atoms with Crippen LogP contribution in [0.3, 0.4) is 0 Å². The minimum absolute atomic E-state index is 0.0821. The van der Waals surface area contributed by atoms with Gasteiger partial charge >= 0.3 is 0 Å². The van der Waals surface area contributed by atoms with Crippen molar-refractivity contribution in [2.45, 2.75) is 32.2 Å². The fourth-order valence-electron chi connectivity index (χ4n) is 10.4. The number of fused-ring (bicyclic) bond motifs is 8. The van der Waals surface area contributed by atoms with Crippen molar-refractivity contribution in [3.63, 3.8) is 0 Å². The lowest BCUT2D eigenvalue weighted by Crippen LogP contribution is -2.26. The molecular formula is C60H45N3S. The molecule has 2 atom stereocenters. The fourth-order valence-corrected chi connectivity index (χ4v) is 11.6. The number of amidine groups is 1. The number of aliphatic imine (C=N–C) groups is 2. The van der Waals surface area contributed by atoms with Crippen molar-refractivity contribution in [1.29, 1.82) is 0 Å². The summed E-state index contributed by atoms with van der Waals surface area (Å²) >= 11 is 1.88. The van der Waals surface area contributed by atoms with Gasteiger partial charge in [0.25, 0.3) is 0 Å². The molecular weight excluding hydrogens is 795 g/mol. The standard InChI is InChI=1S/C60H45N3S/c1-38-57(41-20-9-5-10-21-41)61-59(42-22-11-6-12-23-42)62-58(38)43-32-35-48-53(36-43)64-54-37-52(45-24-13-14-25-46(45)55(48)54)63(44-33-30-40(31-34-44)39-18-7-4-8-19-39)51-29-17-28-50-56(51)47-26-15-16-27-49(47)60(50,2)3/h4-38,58H,1-3H3. The average molecular weight is 840 g/mol. The van der Waals surface area contributed by atoms with Gasteiger partial charge in [0.15, 0.2) is 5.84 Å². The SMILES string of the molecule is CC1C(c2ccccc2)=NC(c2ccccc2)=NC1c1ccc2c(c1)sc1cc(N(c3ccc(-c4ccccc4)cc3)c3cccc4c3-c3ccccc3C4(C)C)c3ccccc3c12. The molecule has 0 saturated carbocycles. The molecule has 1 aliphatic carbocycles. The van der Waals surface area contributed by atoms with Crippen LogP contribution in [0.15, 0.2) is 216 Å². The second kappa shape index (κ2) is 15.1. The zero-order valence-electron chi connectivity index (χ0n) is 36.0. The van der Waals surface area contributed by atoms with Crippen molar-refractivity contribution >= 4 is 70.9 Å². The number of hydrogen-bond donors (Lipinski definition) is 0. The van der Waals surface area contributed by atoms with Crippen LogP contribution in [0.4, 0.5) is 17.1 Å². The molecule has 1 aliphatic heterocycles. The van der Waals surface area contributed by atoms with Crippen molar-refractivity contribution in [1.82, 2.24) is 0 Å². The van der Waals surface area contributed by atoms with E-state index in [1.54, 1.807) is 0 Å². The van der Waals surface area contributed by atoms with Gasteiger partial charge in [-0.15, -0.1) is 11.3 Å². The summed E-state index contributed by atoms with van der Waals surface area (Å²) in [6.07, 6.45) is 0. The second-order valence-corrected chi connectivity index (χ2v) is 18.8. The number of benzene rings is 9. The molecule has 0 saturated heterocycles. The van der Waals surface area contributed by atoms with Gasteiger partial charge in [0.1, 0.15) is 0 Å². The Hall–Kier alpha value is -7.40. The maximum atomic E-state index is 5.40. The Kier molecular flexibility index (Phi) is 9.06. The highest BCUT2D eigenvalue weighted by Gasteiger charge is 2.38. The lowest BCUT2D eigenvalue weighted by molar-refractivity contribution is 0.593. The monoisotopic (exact) mass is 839 g/mol. The molecule has 0 amide bonds. The highest BCUT2D eigenvalue weighted by atomic mass is 32.1. The van der Waals surface area contributed by atoms with E-state index in [2.05, 4.69) is 226 Å². The predicted molar refractivity (Wildman–Crippen MR) is 272 cm³/mol. The minimum atomic E-state index is -0.130. The van der Waals surface area contributed by atoms with Crippen LogP contribution in [-0.4, -0.2) is 11.5 Å². The topological polar surface area (TPSA) is 28.0 Å². The molecule has 64 heavy (non-hydrogen) atoms. The van der Waals surface area contributed by atoms with Gasteiger partial charge in [-0.25, -0.2) is 4.99 Å². The van der Waals surface area contributed by atoms with Gasteiger partial charge < -0.3 is 4.90 Å². The van der Waals surface area contributed by atoms with Crippen LogP contribution in [0.2, 0.25) is 0 Å². The molecule has 0 radical (unpaired) electrons. The van der Waals surface area contributed by atoms with Gasteiger partial charge in [-0.3, -0.25) is 4.99 Å². The molecule has 10 aromatic rings. The van der Waals surface area contributed by atoms with E-state index in [4.69, 9.17) is 9.98 Å². The van der Waals surface area contributed by atoms with Gasteiger partial charge in [-0.1, -0.05) is 197 Å². The van der Waals surface area contributed by atoms with Gasteiger partial charge in [0.2, 0.25) is 0 Å². The van der Waals surface area contributed by atoms with E-state index in [0.717, 1.165) is 28.4 Å². The van der Waals surface area contributed by atoms with Crippen LogP contribution in [-0.2, 0) is 5.41 Å². The Bertz CT molecular complexity index is 3470. The van der Waals surface area contributed by atoms with Crippen molar-refractivity contribution in [2.24, 2.45) is 15.9 Å². The number of rotatable bonds is 7. The summed E-state index contributed by atoms with van der Waals surface area (Å²) in [5.41, 5.74) is 15.5. The van der Waals surface area contributed by atoms with E-state index in [-0.39, 0.29) is 17.4 Å². The summed E-state index contributed by atoms with van der Waals surface area (Å²) < 4.78 is 2.52. The fraction of sp³-hybridized carbons (Fsp3) is 0.100. The third-order valence-electron chi connectivity index (χ3n) is 13.6. The number of anilines is 3. The Balaban J connectivity index is 1.05. The second-order valence-electron chi connectivity index (χ2n) is 17.7. The van der Waals surface area contributed by atoms with Crippen molar-refractivity contribution in [3.05, 3.63) is 234 Å². The smallest absolute Gasteiger partial charge is 0.155 e. The third-order valence-corrected chi connectivity index (χ3v) is 14.7. The summed E-state index contributed by atoms with van der Waals surface area (Å²) in [7, 11) is 0. The van der Waals surface area contributed by atoms with Crippen LogP contribution in [0.5, 0.6) is 0 Å². The molecule has 2 unspecified atom stereocenters. The first-order chi connectivity index (χ1) is 31.4. The highest BCUT2D eigenvalue weighted by Crippen LogP contribution is 2.55. The van der Waals surface area contributed by atoms with E-state index >= 15 is 0 Å². The normalized spacial score (nSPS) is 16.4. The van der Waals surface area contributed by atoms with E-state index in [0.29, 0.717) is 0 Å². The van der Waals surface area contributed by atoms with Crippen molar-refractivity contribution < 1.29 is 0 Å². The molecule has 4 heteroatoms. The number of hydrogen-bond acceptors (Lipinski definition) is 4. The van der Waals surface area contributed by atoms with Gasteiger partial charge in [-0.05, 0) is 74.7 Å². The van der Waals surface area contributed by atoms with Crippen LogP contribution in [0, 0.1) is 5.92 Å². The summed E-state index contributed by atoms with van der Waals surface area (Å²) in [4.78, 5) is 13.1. The molecule has 9 aromatic carbocycles. The molecule has 12 rings (SSSR count). The molecule has 0 N–H and O–H groups in total. The number of nitrogens with zero attached hydrogens (tertiary/aromatic N) is 3. The first-order valence-corrected chi connectivity index (χ1v) is 23.1. The molecule has 3 nitrogen and oxygen atoms in total.